The molecule has 0 saturated heterocycles. The summed E-state index contributed by atoms with van der Waals surface area (Å²) in [5.74, 6) is 0.917. The Morgan fingerprint density at radius 2 is 1.65 bits per heavy atom. The van der Waals surface area contributed by atoms with E-state index >= 15 is 0 Å². The van der Waals surface area contributed by atoms with Crippen LogP contribution < -0.4 is 10.1 Å². The highest BCUT2D eigenvalue weighted by Gasteiger charge is 1.95. The van der Waals surface area contributed by atoms with Crippen LogP contribution in [0.4, 0.5) is 5.69 Å². The zero-order chi connectivity index (χ0) is 11.9. The largest absolute Gasteiger partial charge is 0.493 e. The van der Waals surface area contributed by atoms with Crippen LogP contribution in [0.15, 0.2) is 54.6 Å². The summed E-state index contributed by atoms with van der Waals surface area (Å²) in [6.07, 6.45) is 0.939. The van der Waals surface area contributed by atoms with E-state index in [1.165, 1.54) is 5.56 Å². The topological polar surface area (TPSA) is 21.3 Å². The van der Waals surface area contributed by atoms with Gasteiger partial charge in [-0.1, -0.05) is 30.3 Å². The van der Waals surface area contributed by atoms with Crippen molar-refractivity contribution in [1.82, 2.24) is 0 Å². The summed E-state index contributed by atoms with van der Waals surface area (Å²) in [4.78, 5) is 0. The average Bonchev–Trinajstić information content (AvgIpc) is 2.41. The van der Waals surface area contributed by atoms with Crippen LogP contribution >= 0.6 is 0 Å². The zero-order valence-electron chi connectivity index (χ0n) is 10.0. The van der Waals surface area contributed by atoms with E-state index in [0.29, 0.717) is 6.61 Å². The third-order valence-corrected chi connectivity index (χ3v) is 2.65. The minimum atomic E-state index is 0.711. The third kappa shape index (κ3) is 3.52. The summed E-state index contributed by atoms with van der Waals surface area (Å²) in [6.45, 7) is 0.711. The molecule has 2 heteroatoms. The van der Waals surface area contributed by atoms with Gasteiger partial charge >= 0.3 is 0 Å². The van der Waals surface area contributed by atoms with Crippen molar-refractivity contribution in [3.8, 4) is 5.75 Å². The van der Waals surface area contributed by atoms with Gasteiger partial charge in [0.25, 0.3) is 0 Å². The molecule has 0 aliphatic carbocycles. The second-order valence-electron chi connectivity index (χ2n) is 3.86. The van der Waals surface area contributed by atoms with Gasteiger partial charge in [0.05, 0.1) is 6.61 Å². The maximum Gasteiger partial charge on any atom is 0.119 e. The smallest absolute Gasteiger partial charge is 0.119 e. The minimum Gasteiger partial charge on any atom is -0.493 e. The SMILES string of the molecule is CNc1ccc(OCCc2ccccc2)cc1. The molecular formula is C15H17NO. The lowest BCUT2D eigenvalue weighted by Gasteiger charge is -2.07. The van der Waals surface area contributed by atoms with Crippen molar-refractivity contribution in [3.63, 3.8) is 0 Å². The highest BCUT2D eigenvalue weighted by atomic mass is 16.5. The third-order valence-electron chi connectivity index (χ3n) is 2.65. The number of rotatable bonds is 5. The summed E-state index contributed by atoms with van der Waals surface area (Å²) in [7, 11) is 1.91. The van der Waals surface area contributed by atoms with Crippen molar-refractivity contribution < 1.29 is 4.74 Å². The van der Waals surface area contributed by atoms with Gasteiger partial charge in [-0.3, -0.25) is 0 Å². The number of benzene rings is 2. The number of hydrogen-bond acceptors (Lipinski definition) is 2. The summed E-state index contributed by atoms with van der Waals surface area (Å²) in [5.41, 5.74) is 2.40. The molecule has 2 nitrogen and oxygen atoms in total. The fourth-order valence-corrected chi connectivity index (χ4v) is 1.65. The predicted molar refractivity (Wildman–Crippen MR) is 71.6 cm³/mol. The highest BCUT2D eigenvalue weighted by molar-refractivity contribution is 5.45. The summed E-state index contributed by atoms with van der Waals surface area (Å²) in [5, 5.41) is 3.08. The first-order valence-corrected chi connectivity index (χ1v) is 5.83. The van der Waals surface area contributed by atoms with Gasteiger partial charge in [0.2, 0.25) is 0 Å². The molecule has 2 aromatic carbocycles. The second kappa shape index (κ2) is 5.94. The van der Waals surface area contributed by atoms with Crippen LogP contribution in [0.25, 0.3) is 0 Å². The molecule has 0 aromatic heterocycles. The Bertz CT molecular complexity index is 436. The number of ether oxygens (including phenoxy) is 1. The molecule has 0 atom stereocenters. The molecule has 2 aromatic rings. The van der Waals surface area contributed by atoms with Gasteiger partial charge in [-0.05, 0) is 29.8 Å². The molecule has 0 amide bonds. The molecule has 0 aliphatic rings. The Morgan fingerprint density at radius 1 is 0.941 bits per heavy atom. The first kappa shape index (κ1) is 11.5. The fraction of sp³-hybridized carbons (Fsp3) is 0.200. The first-order valence-electron chi connectivity index (χ1n) is 5.83. The molecular weight excluding hydrogens is 210 g/mol. The van der Waals surface area contributed by atoms with Crippen LogP contribution in [-0.2, 0) is 6.42 Å². The molecule has 1 N–H and O–H groups in total. The minimum absolute atomic E-state index is 0.711. The van der Waals surface area contributed by atoms with Crippen LogP contribution in [0.5, 0.6) is 5.75 Å². The molecule has 0 spiro atoms. The summed E-state index contributed by atoms with van der Waals surface area (Å²) >= 11 is 0. The van der Waals surface area contributed by atoms with Gasteiger partial charge in [0, 0.05) is 19.2 Å². The Labute approximate surface area is 102 Å². The Morgan fingerprint density at radius 3 is 2.29 bits per heavy atom. The second-order valence-corrected chi connectivity index (χ2v) is 3.86. The monoisotopic (exact) mass is 227 g/mol. The Kier molecular flexibility index (Phi) is 4.03. The van der Waals surface area contributed by atoms with E-state index in [-0.39, 0.29) is 0 Å². The van der Waals surface area contributed by atoms with Crippen molar-refractivity contribution in [2.75, 3.05) is 19.0 Å². The quantitative estimate of drug-likeness (QED) is 0.845. The normalized spacial score (nSPS) is 9.94. The lowest BCUT2D eigenvalue weighted by Crippen LogP contribution is -2.01. The van der Waals surface area contributed by atoms with Gasteiger partial charge in [-0.25, -0.2) is 0 Å². The van der Waals surface area contributed by atoms with Crippen molar-refractivity contribution in [2.24, 2.45) is 0 Å². The molecule has 0 heterocycles. The van der Waals surface area contributed by atoms with Crippen LogP contribution in [0.2, 0.25) is 0 Å². The van der Waals surface area contributed by atoms with Gasteiger partial charge < -0.3 is 10.1 Å². The molecule has 17 heavy (non-hydrogen) atoms. The van der Waals surface area contributed by atoms with Crippen molar-refractivity contribution in [3.05, 3.63) is 60.2 Å². The summed E-state index contributed by atoms with van der Waals surface area (Å²) < 4.78 is 5.68. The molecule has 2 rings (SSSR count). The van der Waals surface area contributed by atoms with Crippen molar-refractivity contribution in [2.45, 2.75) is 6.42 Å². The summed E-state index contributed by atoms with van der Waals surface area (Å²) in [6, 6.07) is 18.4. The van der Waals surface area contributed by atoms with E-state index in [2.05, 4.69) is 29.6 Å². The van der Waals surface area contributed by atoms with Crippen molar-refractivity contribution in [1.29, 1.82) is 0 Å². The molecule has 88 valence electrons. The van der Waals surface area contributed by atoms with E-state index in [1.807, 2.05) is 37.4 Å². The average molecular weight is 227 g/mol. The lowest BCUT2D eigenvalue weighted by molar-refractivity contribution is 0.322. The highest BCUT2D eigenvalue weighted by Crippen LogP contribution is 2.15. The van der Waals surface area contributed by atoms with Crippen LogP contribution in [0.3, 0.4) is 0 Å². The van der Waals surface area contributed by atoms with Gasteiger partial charge in [-0.15, -0.1) is 0 Å². The molecule has 0 saturated carbocycles. The number of nitrogens with one attached hydrogen (secondary N) is 1. The molecule has 0 radical (unpaired) electrons. The van der Waals surface area contributed by atoms with E-state index in [4.69, 9.17) is 4.74 Å². The predicted octanol–water partition coefficient (Wildman–Crippen LogP) is 3.35. The van der Waals surface area contributed by atoms with Gasteiger partial charge in [0.15, 0.2) is 0 Å². The molecule has 0 aliphatic heterocycles. The standard InChI is InChI=1S/C15H17NO/c1-16-14-7-9-15(10-8-14)17-12-11-13-5-3-2-4-6-13/h2-10,16H,11-12H2,1H3. The van der Waals surface area contributed by atoms with E-state index < -0.39 is 0 Å². The molecule has 0 bridgehead atoms. The Hall–Kier alpha value is -1.96. The van der Waals surface area contributed by atoms with E-state index in [1.54, 1.807) is 0 Å². The maximum atomic E-state index is 5.68. The fourth-order valence-electron chi connectivity index (χ4n) is 1.65. The first-order chi connectivity index (χ1) is 8.38. The van der Waals surface area contributed by atoms with Gasteiger partial charge in [-0.2, -0.15) is 0 Å². The van der Waals surface area contributed by atoms with E-state index in [0.717, 1.165) is 17.9 Å². The maximum absolute atomic E-state index is 5.68. The zero-order valence-corrected chi connectivity index (χ0v) is 10.0. The van der Waals surface area contributed by atoms with Crippen LogP contribution in [0.1, 0.15) is 5.56 Å². The Balaban J connectivity index is 1.82. The molecule has 0 unspecified atom stereocenters. The van der Waals surface area contributed by atoms with Crippen LogP contribution in [0, 0.1) is 0 Å². The lowest BCUT2D eigenvalue weighted by atomic mass is 10.2. The van der Waals surface area contributed by atoms with Crippen LogP contribution in [-0.4, -0.2) is 13.7 Å². The van der Waals surface area contributed by atoms with Gasteiger partial charge in [0.1, 0.15) is 5.75 Å². The number of hydrogen-bond donors (Lipinski definition) is 1. The van der Waals surface area contributed by atoms with E-state index in [9.17, 15) is 0 Å². The molecule has 0 fully saturated rings. The van der Waals surface area contributed by atoms with Crippen molar-refractivity contribution >= 4 is 5.69 Å². The number of anilines is 1.